The number of piperidine rings is 1. The number of nitrogens with zero attached hydrogens (tertiary/aromatic N) is 3. The van der Waals surface area contributed by atoms with Crippen molar-refractivity contribution in [1.82, 2.24) is 20.0 Å². The van der Waals surface area contributed by atoms with E-state index in [1.807, 2.05) is 9.80 Å². The monoisotopic (exact) mass is 464 g/mol. The standard InChI is InChI=1S/C23H27F3N4O3/c24-23(25,26)33-19-5-3-15(4-6-19)17-11-18(21-12-20(27-28-21)16-1-2-16)14-30(13-17)22(31)29-7-9-32-10-8-29/h3-6,12,16-18H,1-2,7-11,13-14H2,(H,27,28). The molecule has 2 amide bonds. The summed E-state index contributed by atoms with van der Waals surface area (Å²) >= 11 is 0. The van der Waals surface area contributed by atoms with Gasteiger partial charge in [-0.15, -0.1) is 13.2 Å². The summed E-state index contributed by atoms with van der Waals surface area (Å²) in [7, 11) is 0. The van der Waals surface area contributed by atoms with Gasteiger partial charge < -0.3 is 19.3 Å². The van der Waals surface area contributed by atoms with Crippen molar-refractivity contribution >= 4 is 6.03 Å². The van der Waals surface area contributed by atoms with Crippen LogP contribution in [0, 0.1) is 0 Å². The maximum absolute atomic E-state index is 13.3. The van der Waals surface area contributed by atoms with Crippen LogP contribution >= 0.6 is 0 Å². The van der Waals surface area contributed by atoms with E-state index in [0.29, 0.717) is 45.3 Å². The van der Waals surface area contributed by atoms with Crippen LogP contribution in [0.5, 0.6) is 5.75 Å². The van der Waals surface area contributed by atoms with Crippen molar-refractivity contribution in [2.45, 2.75) is 43.4 Å². The number of rotatable bonds is 4. The molecule has 33 heavy (non-hydrogen) atoms. The van der Waals surface area contributed by atoms with Crippen LogP contribution in [0.25, 0.3) is 0 Å². The predicted molar refractivity (Wildman–Crippen MR) is 113 cm³/mol. The first-order valence-corrected chi connectivity index (χ1v) is 11.4. The minimum atomic E-state index is -4.72. The van der Waals surface area contributed by atoms with E-state index in [2.05, 4.69) is 21.0 Å². The Bertz CT molecular complexity index is 968. The summed E-state index contributed by atoms with van der Waals surface area (Å²) in [6.45, 7) is 3.24. The van der Waals surface area contributed by atoms with Gasteiger partial charge in [0.2, 0.25) is 0 Å². The molecule has 3 aliphatic rings. The van der Waals surface area contributed by atoms with Gasteiger partial charge in [0.25, 0.3) is 0 Å². The predicted octanol–water partition coefficient (Wildman–Crippen LogP) is 4.21. The van der Waals surface area contributed by atoms with E-state index in [0.717, 1.165) is 23.4 Å². The van der Waals surface area contributed by atoms with Crippen molar-refractivity contribution in [3.8, 4) is 5.75 Å². The van der Waals surface area contributed by atoms with Gasteiger partial charge >= 0.3 is 12.4 Å². The van der Waals surface area contributed by atoms with Crippen molar-refractivity contribution in [2.75, 3.05) is 39.4 Å². The Labute approximate surface area is 189 Å². The van der Waals surface area contributed by atoms with Crippen molar-refractivity contribution < 1.29 is 27.4 Å². The van der Waals surface area contributed by atoms with Gasteiger partial charge in [0.05, 0.1) is 18.9 Å². The summed E-state index contributed by atoms with van der Waals surface area (Å²) in [5.41, 5.74) is 2.97. The van der Waals surface area contributed by atoms with Gasteiger partial charge in [0, 0.05) is 49.6 Å². The van der Waals surface area contributed by atoms with Gasteiger partial charge in [-0.3, -0.25) is 5.10 Å². The Morgan fingerprint density at radius 1 is 1.03 bits per heavy atom. The number of benzene rings is 1. The van der Waals surface area contributed by atoms with Crippen molar-refractivity contribution in [3.63, 3.8) is 0 Å². The van der Waals surface area contributed by atoms with Gasteiger partial charge in [-0.2, -0.15) is 5.10 Å². The van der Waals surface area contributed by atoms with E-state index in [1.54, 1.807) is 12.1 Å². The maximum Gasteiger partial charge on any atom is 0.573 e. The first-order chi connectivity index (χ1) is 15.9. The lowest BCUT2D eigenvalue weighted by Crippen LogP contribution is -2.52. The number of amides is 2. The number of ether oxygens (including phenoxy) is 2. The number of nitrogens with one attached hydrogen (secondary N) is 1. The quantitative estimate of drug-likeness (QED) is 0.736. The number of aromatic nitrogens is 2. The van der Waals surface area contributed by atoms with E-state index in [-0.39, 0.29) is 23.6 Å². The highest BCUT2D eigenvalue weighted by Crippen LogP contribution is 2.41. The molecule has 1 aromatic heterocycles. The first kappa shape index (κ1) is 22.1. The zero-order valence-corrected chi connectivity index (χ0v) is 18.2. The number of H-pyrrole nitrogens is 1. The summed E-state index contributed by atoms with van der Waals surface area (Å²) in [6, 6.07) is 8.07. The third kappa shape index (κ3) is 5.26. The number of alkyl halides is 3. The molecule has 0 radical (unpaired) electrons. The molecule has 3 fully saturated rings. The average molecular weight is 464 g/mol. The summed E-state index contributed by atoms with van der Waals surface area (Å²) in [5, 5.41) is 7.70. The molecule has 0 bridgehead atoms. The van der Waals surface area contributed by atoms with Crippen LogP contribution in [-0.2, 0) is 4.74 Å². The number of urea groups is 1. The Morgan fingerprint density at radius 2 is 1.73 bits per heavy atom. The second-order valence-corrected chi connectivity index (χ2v) is 9.06. The lowest BCUT2D eigenvalue weighted by molar-refractivity contribution is -0.274. The minimum Gasteiger partial charge on any atom is -0.406 e. The van der Waals surface area contributed by atoms with Crippen molar-refractivity contribution in [1.29, 1.82) is 0 Å². The van der Waals surface area contributed by atoms with Gasteiger partial charge in [0.1, 0.15) is 5.75 Å². The molecular weight excluding hydrogens is 437 g/mol. The van der Waals surface area contributed by atoms with Crippen LogP contribution < -0.4 is 4.74 Å². The van der Waals surface area contributed by atoms with Gasteiger partial charge in [-0.05, 0) is 43.0 Å². The smallest absolute Gasteiger partial charge is 0.406 e. The summed E-state index contributed by atoms with van der Waals surface area (Å²) in [5.74, 6) is 0.331. The van der Waals surface area contributed by atoms with Crippen LogP contribution in [0.1, 0.15) is 54.0 Å². The number of hydrogen-bond acceptors (Lipinski definition) is 4. The zero-order valence-electron chi connectivity index (χ0n) is 18.2. The molecule has 2 aromatic rings. The fourth-order valence-corrected chi connectivity index (χ4v) is 4.77. The molecule has 7 nitrogen and oxygen atoms in total. The Kier molecular flexibility index (Phi) is 5.94. The molecule has 3 heterocycles. The number of hydrogen-bond donors (Lipinski definition) is 1. The van der Waals surface area contributed by atoms with E-state index in [9.17, 15) is 18.0 Å². The molecule has 2 atom stereocenters. The molecule has 1 N–H and O–H groups in total. The van der Waals surface area contributed by atoms with Crippen LogP contribution in [0.15, 0.2) is 30.3 Å². The molecular formula is C23H27F3N4O3. The largest absolute Gasteiger partial charge is 0.573 e. The molecule has 10 heteroatoms. The molecule has 178 valence electrons. The Morgan fingerprint density at radius 3 is 2.39 bits per heavy atom. The van der Waals surface area contributed by atoms with E-state index >= 15 is 0 Å². The maximum atomic E-state index is 13.3. The molecule has 1 aliphatic carbocycles. The third-order valence-electron chi connectivity index (χ3n) is 6.64. The third-order valence-corrected chi connectivity index (χ3v) is 6.64. The van der Waals surface area contributed by atoms with Crippen molar-refractivity contribution in [2.24, 2.45) is 0 Å². The molecule has 1 aromatic carbocycles. The highest BCUT2D eigenvalue weighted by atomic mass is 19.4. The van der Waals surface area contributed by atoms with Gasteiger partial charge in [-0.25, -0.2) is 4.79 Å². The number of carbonyl (C=O) groups excluding carboxylic acids is 1. The van der Waals surface area contributed by atoms with Gasteiger partial charge in [0.15, 0.2) is 0 Å². The lowest BCUT2D eigenvalue weighted by atomic mass is 9.83. The number of likely N-dealkylation sites (tertiary alicyclic amines) is 1. The molecule has 2 aliphatic heterocycles. The Hall–Kier alpha value is -2.75. The van der Waals surface area contributed by atoms with Crippen LogP contribution in [0.4, 0.5) is 18.0 Å². The number of morpholine rings is 1. The highest BCUT2D eigenvalue weighted by molar-refractivity contribution is 5.75. The van der Waals surface area contributed by atoms with Crippen LogP contribution in [0.2, 0.25) is 0 Å². The lowest BCUT2D eigenvalue weighted by Gasteiger charge is -2.40. The highest BCUT2D eigenvalue weighted by Gasteiger charge is 2.36. The average Bonchev–Trinajstić information content (AvgIpc) is 3.54. The fourth-order valence-electron chi connectivity index (χ4n) is 4.77. The molecule has 2 saturated heterocycles. The second kappa shape index (κ2) is 8.89. The van der Waals surface area contributed by atoms with E-state index in [1.165, 1.54) is 25.0 Å². The topological polar surface area (TPSA) is 70.7 Å². The van der Waals surface area contributed by atoms with E-state index < -0.39 is 6.36 Å². The van der Waals surface area contributed by atoms with Crippen molar-refractivity contribution in [3.05, 3.63) is 47.3 Å². The van der Waals surface area contributed by atoms with Gasteiger partial charge in [-0.1, -0.05) is 12.1 Å². The minimum absolute atomic E-state index is 0.0187. The number of carbonyl (C=O) groups is 1. The van der Waals surface area contributed by atoms with E-state index in [4.69, 9.17) is 4.74 Å². The first-order valence-electron chi connectivity index (χ1n) is 11.4. The number of aromatic amines is 1. The summed E-state index contributed by atoms with van der Waals surface area (Å²) in [6.07, 6.45) is -1.62. The number of halogens is 3. The molecule has 2 unspecified atom stereocenters. The summed E-state index contributed by atoms with van der Waals surface area (Å²) < 4.78 is 47.0. The van der Waals surface area contributed by atoms with Crippen LogP contribution in [0.3, 0.4) is 0 Å². The Balaban J connectivity index is 1.36. The fraction of sp³-hybridized carbons (Fsp3) is 0.565. The summed E-state index contributed by atoms with van der Waals surface area (Å²) in [4.78, 5) is 16.9. The molecule has 0 spiro atoms. The van der Waals surface area contributed by atoms with Crippen LogP contribution in [-0.4, -0.2) is 71.8 Å². The molecule has 1 saturated carbocycles. The zero-order chi connectivity index (χ0) is 23.0. The SMILES string of the molecule is O=C(N1CCOCC1)N1CC(c2ccc(OC(F)(F)F)cc2)CC(c2cc(C3CC3)[nH]n2)C1. The second-order valence-electron chi connectivity index (χ2n) is 9.06. The molecule has 5 rings (SSSR count). The normalized spacial score (nSPS) is 24.1.